The van der Waals surface area contributed by atoms with E-state index in [4.69, 9.17) is 0 Å². The summed E-state index contributed by atoms with van der Waals surface area (Å²) in [7, 11) is 4.00. The molecule has 0 saturated carbocycles. The smallest absolute Gasteiger partial charge is 0.246 e. The summed E-state index contributed by atoms with van der Waals surface area (Å²) in [6, 6.07) is 0. The summed E-state index contributed by atoms with van der Waals surface area (Å²) >= 11 is 0. The standard InChI is InChI=1S/C12H22N2O/c1-11-6-4-9-14(10-11)12(15)7-5-8-13(2)3/h5,7,11H,4,6,8-10H2,1-3H3. The van der Waals surface area contributed by atoms with E-state index < -0.39 is 0 Å². The summed E-state index contributed by atoms with van der Waals surface area (Å²) in [6.45, 7) is 4.89. The van der Waals surface area contributed by atoms with E-state index in [1.807, 2.05) is 30.0 Å². The highest BCUT2D eigenvalue weighted by molar-refractivity contribution is 5.87. The molecule has 1 amide bonds. The number of carbonyl (C=O) groups is 1. The first-order valence-corrected chi connectivity index (χ1v) is 5.69. The van der Waals surface area contributed by atoms with Crippen LogP contribution in [0.1, 0.15) is 19.8 Å². The third-order valence-corrected chi connectivity index (χ3v) is 2.70. The van der Waals surface area contributed by atoms with Gasteiger partial charge >= 0.3 is 0 Å². The van der Waals surface area contributed by atoms with Crippen LogP contribution in [0.4, 0.5) is 0 Å². The Hall–Kier alpha value is -0.830. The number of amides is 1. The zero-order valence-electron chi connectivity index (χ0n) is 10.1. The SMILES string of the molecule is CC1CCCN(C(=O)C=CCN(C)C)C1. The number of carbonyl (C=O) groups excluding carboxylic acids is 1. The van der Waals surface area contributed by atoms with Gasteiger partial charge in [-0.2, -0.15) is 0 Å². The van der Waals surface area contributed by atoms with Crippen molar-refractivity contribution in [2.24, 2.45) is 5.92 Å². The molecule has 0 bridgehead atoms. The van der Waals surface area contributed by atoms with E-state index in [9.17, 15) is 4.79 Å². The van der Waals surface area contributed by atoms with Crippen molar-refractivity contribution in [2.75, 3.05) is 33.7 Å². The highest BCUT2D eigenvalue weighted by Gasteiger charge is 2.18. The molecule has 1 atom stereocenters. The largest absolute Gasteiger partial charge is 0.339 e. The van der Waals surface area contributed by atoms with Crippen molar-refractivity contribution in [3.8, 4) is 0 Å². The average Bonchev–Trinajstić information content (AvgIpc) is 2.17. The van der Waals surface area contributed by atoms with Gasteiger partial charge in [0.05, 0.1) is 0 Å². The first-order valence-electron chi connectivity index (χ1n) is 5.69. The van der Waals surface area contributed by atoms with Gasteiger partial charge < -0.3 is 9.80 Å². The molecule has 1 saturated heterocycles. The molecule has 86 valence electrons. The van der Waals surface area contributed by atoms with Crippen molar-refractivity contribution in [2.45, 2.75) is 19.8 Å². The Morgan fingerprint density at radius 1 is 1.53 bits per heavy atom. The average molecular weight is 210 g/mol. The summed E-state index contributed by atoms with van der Waals surface area (Å²) in [5, 5.41) is 0. The number of hydrogen-bond donors (Lipinski definition) is 0. The van der Waals surface area contributed by atoms with E-state index >= 15 is 0 Å². The van der Waals surface area contributed by atoms with Gasteiger partial charge in [-0.1, -0.05) is 13.0 Å². The molecule has 0 spiro atoms. The number of hydrogen-bond acceptors (Lipinski definition) is 2. The lowest BCUT2D eigenvalue weighted by Gasteiger charge is -2.30. The van der Waals surface area contributed by atoms with E-state index in [0.717, 1.165) is 26.1 Å². The maximum atomic E-state index is 11.7. The van der Waals surface area contributed by atoms with Crippen LogP contribution in [-0.4, -0.2) is 49.4 Å². The van der Waals surface area contributed by atoms with Gasteiger partial charge in [0.1, 0.15) is 0 Å². The van der Waals surface area contributed by atoms with Crippen molar-refractivity contribution in [1.82, 2.24) is 9.80 Å². The quantitative estimate of drug-likeness (QED) is 0.657. The zero-order chi connectivity index (χ0) is 11.3. The van der Waals surface area contributed by atoms with Crippen molar-refractivity contribution >= 4 is 5.91 Å². The van der Waals surface area contributed by atoms with E-state index in [1.54, 1.807) is 6.08 Å². The normalized spacial score (nSPS) is 22.7. The Bertz CT molecular complexity index is 236. The van der Waals surface area contributed by atoms with Crippen LogP contribution in [0.3, 0.4) is 0 Å². The molecule has 0 N–H and O–H groups in total. The summed E-state index contributed by atoms with van der Waals surface area (Å²) in [4.78, 5) is 15.7. The monoisotopic (exact) mass is 210 g/mol. The fraction of sp³-hybridized carbons (Fsp3) is 0.750. The van der Waals surface area contributed by atoms with Crippen LogP contribution in [0.15, 0.2) is 12.2 Å². The molecular weight excluding hydrogens is 188 g/mol. The van der Waals surface area contributed by atoms with E-state index in [1.165, 1.54) is 6.42 Å². The molecule has 1 unspecified atom stereocenters. The molecule has 0 aromatic heterocycles. The predicted molar refractivity (Wildman–Crippen MR) is 62.7 cm³/mol. The molecule has 3 nitrogen and oxygen atoms in total. The van der Waals surface area contributed by atoms with E-state index in [-0.39, 0.29) is 5.91 Å². The van der Waals surface area contributed by atoms with Crippen molar-refractivity contribution in [3.63, 3.8) is 0 Å². The zero-order valence-corrected chi connectivity index (χ0v) is 10.1. The van der Waals surface area contributed by atoms with Crippen LogP contribution in [0.25, 0.3) is 0 Å². The fourth-order valence-corrected chi connectivity index (χ4v) is 1.86. The lowest BCUT2D eigenvalue weighted by molar-refractivity contribution is -0.127. The number of likely N-dealkylation sites (N-methyl/N-ethyl adjacent to an activating group) is 1. The summed E-state index contributed by atoms with van der Waals surface area (Å²) in [5.41, 5.74) is 0. The van der Waals surface area contributed by atoms with Gasteiger partial charge in [0.2, 0.25) is 5.91 Å². The van der Waals surface area contributed by atoms with Crippen LogP contribution >= 0.6 is 0 Å². The van der Waals surface area contributed by atoms with Gasteiger partial charge in [0, 0.05) is 25.7 Å². The van der Waals surface area contributed by atoms with Crippen molar-refractivity contribution in [1.29, 1.82) is 0 Å². The first-order chi connectivity index (χ1) is 7.09. The number of piperidine rings is 1. The second-order valence-electron chi connectivity index (χ2n) is 4.70. The summed E-state index contributed by atoms with van der Waals surface area (Å²) in [5.74, 6) is 0.827. The van der Waals surface area contributed by atoms with Crippen LogP contribution < -0.4 is 0 Å². The second-order valence-corrected chi connectivity index (χ2v) is 4.70. The predicted octanol–water partition coefficient (Wildman–Crippen LogP) is 1.36. The van der Waals surface area contributed by atoms with Crippen LogP contribution in [0.5, 0.6) is 0 Å². The molecule has 1 aliphatic heterocycles. The third-order valence-electron chi connectivity index (χ3n) is 2.70. The van der Waals surface area contributed by atoms with Crippen LogP contribution in [0.2, 0.25) is 0 Å². The minimum Gasteiger partial charge on any atom is -0.339 e. The van der Waals surface area contributed by atoms with Crippen LogP contribution in [0, 0.1) is 5.92 Å². The Morgan fingerprint density at radius 3 is 2.87 bits per heavy atom. The maximum Gasteiger partial charge on any atom is 0.246 e. The number of likely N-dealkylation sites (tertiary alicyclic amines) is 1. The molecule has 1 aliphatic rings. The van der Waals surface area contributed by atoms with Gasteiger partial charge in [-0.25, -0.2) is 0 Å². The lowest BCUT2D eigenvalue weighted by atomic mass is 10.0. The van der Waals surface area contributed by atoms with E-state index in [0.29, 0.717) is 5.92 Å². The topological polar surface area (TPSA) is 23.6 Å². The minimum atomic E-state index is 0.170. The fourth-order valence-electron chi connectivity index (χ4n) is 1.86. The molecular formula is C12H22N2O. The molecule has 1 rings (SSSR count). The molecule has 15 heavy (non-hydrogen) atoms. The van der Waals surface area contributed by atoms with Crippen LogP contribution in [-0.2, 0) is 4.79 Å². The van der Waals surface area contributed by atoms with Gasteiger partial charge in [0.15, 0.2) is 0 Å². The Balaban J connectivity index is 2.35. The molecule has 3 heteroatoms. The molecule has 1 fully saturated rings. The molecule has 0 aliphatic carbocycles. The highest BCUT2D eigenvalue weighted by Crippen LogP contribution is 2.15. The Kier molecular flexibility index (Phi) is 4.82. The van der Waals surface area contributed by atoms with Crippen molar-refractivity contribution in [3.05, 3.63) is 12.2 Å². The van der Waals surface area contributed by atoms with E-state index in [2.05, 4.69) is 6.92 Å². The molecule has 0 radical (unpaired) electrons. The molecule has 1 heterocycles. The second kappa shape index (κ2) is 5.91. The lowest BCUT2D eigenvalue weighted by Crippen LogP contribution is -2.38. The molecule has 0 aromatic carbocycles. The molecule has 0 aromatic rings. The van der Waals surface area contributed by atoms with Crippen molar-refractivity contribution < 1.29 is 4.79 Å². The number of rotatable bonds is 3. The minimum absolute atomic E-state index is 0.170. The van der Waals surface area contributed by atoms with Gasteiger partial charge in [-0.05, 0) is 32.9 Å². The third kappa shape index (κ3) is 4.47. The van der Waals surface area contributed by atoms with Gasteiger partial charge in [-0.3, -0.25) is 4.79 Å². The Morgan fingerprint density at radius 2 is 2.27 bits per heavy atom. The Labute approximate surface area is 92.7 Å². The highest BCUT2D eigenvalue weighted by atomic mass is 16.2. The van der Waals surface area contributed by atoms with Gasteiger partial charge in [0.25, 0.3) is 0 Å². The maximum absolute atomic E-state index is 11.7. The van der Waals surface area contributed by atoms with Gasteiger partial charge in [-0.15, -0.1) is 0 Å². The number of nitrogens with zero attached hydrogens (tertiary/aromatic N) is 2. The summed E-state index contributed by atoms with van der Waals surface area (Å²) < 4.78 is 0. The summed E-state index contributed by atoms with van der Waals surface area (Å²) in [6.07, 6.45) is 6.04. The first kappa shape index (κ1) is 12.2.